The number of carboxylic acids is 1. The molecule has 4 N–H and O–H groups in total. The van der Waals surface area contributed by atoms with E-state index >= 15 is 0 Å². The van der Waals surface area contributed by atoms with Crippen LogP contribution in [0.2, 0.25) is 0 Å². The smallest absolute Gasteiger partial charge is 0.349 e. The SMILES string of the molecule is COc1cc(C(=O)O[C@@H](C(=O)O)[C@@H](OC(=O)c2ccc(OC(C)=O)c(OC)c2)C(=O)NNC(=O)c2ccccc2O)ccc1OC(C)=O. The van der Waals surface area contributed by atoms with Crippen molar-refractivity contribution in [3.63, 3.8) is 0 Å². The van der Waals surface area contributed by atoms with Crippen LogP contribution in [0.25, 0.3) is 0 Å². The Morgan fingerprint density at radius 2 is 1.12 bits per heavy atom. The molecule has 0 aliphatic heterocycles. The van der Waals surface area contributed by atoms with Crippen molar-refractivity contribution in [2.45, 2.75) is 26.1 Å². The van der Waals surface area contributed by atoms with Gasteiger partial charge < -0.3 is 38.6 Å². The second-order valence-corrected chi connectivity index (χ2v) is 9.37. The molecule has 0 heterocycles. The van der Waals surface area contributed by atoms with Gasteiger partial charge in [-0.1, -0.05) is 12.1 Å². The van der Waals surface area contributed by atoms with E-state index in [1.165, 1.54) is 44.6 Å². The molecule has 0 aliphatic rings. The third kappa shape index (κ3) is 9.19. The number of carbonyl (C=O) groups excluding carboxylic acids is 6. The van der Waals surface area contributed by atoms with Crippen LogP contribution >= 0.6 is 0 Å². The summed E-state index contributed by atoms with van der Waals surface area (Å²) in [4.78, 5) is 87.2. The van der Waals surface area contributed by atoms with Gasteiger partial charge in [-0.25, -0.2) is 14.4 Å². The number of hydrogen-bond acceptors (Lipinski definition) is 14. The van der Waals surface area contributed by atoms with Gasteiger partial charge in [0, 0.05) is 13.8 Å². The molecule has 48 heavy (non-hydrogen) atoms. The number of benzene rings is 3. The predicted molar refractivity (Wildman–Crippen MR) is 158 cm³/mol. The molecule has 3 aromatic rings. The molecule has 0 saturated heterocycles. The van der Waals surface area contributed by atoms with E-state index in [-0.39, 0.29) is 39.7 Å². The Hall–Kier alpha value is -6.65. The van der Waals surface area contributed by atoms with Gasteiger partial charge in [0.15, 0.2) is 23.0 Å². The van der Waals surface area contributed by atoms with Crippen molar-refractivity contribution < 1.29 is 72.2 Å². The molecule has 0 fully saturated rings. The number of methoxy groups -OCH3 is 2. The molecule has 0 bridgehead atoms. The van der Waals surface area contributed by atoms with E-state index in [1.807, 2.05) is 10.9 Å². The first-order valence-electron chi connectivity index (χ1n) is 13.5. The zero-order chi connectivity index (χ0) is 35.5. The molecule has 2 atom stereocenters. The molecule has 0 aliphatic carbocycles. The molecule has 17 nitrogen and oxygen atoms in total. The Morgan fingerprint density at radius 3 is 1.56 bits per heavy atom. The number of carboxylic acid groups (broad SMARTS) is 1. The lowest BCUT2D eigenvalue weighted by atomic mass is 10.1. The van der Waals surface area contributed by atoms with Crippen LogP contribution in [0, 0.1) is 0 Å². The molecule has 2 amide bonds. The van der Waals surface area contributed by atoms with E-state index in [4.69, 9.17) is 28.4 Å². The number of hydrogen-bond donors (Lipinski definition) is 4. The third-order valence-electron chi connectivity index (χ3n) is 6.00. The number of nitrogens with one attached hydrogen (secondary N) is 2. The average molecular weight is 669 g/mol. The summed E-state index contributed by atoms with van der Waals surface area (Å²) in [5.74, 6) is -9.34. The Labute approximate surface area is 271 Å². The highest BCUT2D eigenvalue weighted by molar-refractivity contribution is 6.00. The van der Waals surface area contributed by atoms with Crippen molar-refractivity contribution >= 4 is 41.7 Å². The van der Waals surface area contributed by atoms with Gasteiger partial charge in [0.1, 0.15) is 5.75 Å². The van der Waals surface area contributed by atoms with Crippen LogP contribution in [0.5, 0.6) is 28.7 Å². The zero-order valence-corrected chi connectivity index (χ0v) is 25.6. The summed E-state index contributed by atoms with van der Waals surface area (Å²) in [6, 6.07) is 11.9. The maximum absolute atomic E-state index is 13.3. The molecule has 3 aromatic carbocycles. The van der Waals surface area contributed by atoms with E-state index in [9.17, 15) is 43.8 Å². The predicted octanol–water partition coefficient (Wildman–Crippen LogP) is 1.56. The van der Waals surface area contributed by atoms with Gasteiger partial charge in [-0.3, -0.25) is 30.0 Å². The number of phenolic OH excluding ortho intramolecular Hbond substituents is 1. The van der Waals surface area contributed by atoms with Crippen LogP contribution in [0.3, 0.4) is 0 Å². The highest BCUT2D eigenvalue weighted by Crippen LogP contribution is 2.30. The molecule has 0 aromatic heterocycles. The molecular formula is C31H28N2O15. The topological polar surface area (TPSA) is 239 Å². The van der Waals surface area contributed by atoms with Crippen molar-refractivity contribution in [3.8, 4) is 28.7 Å². The van der Waals surface area contributed by atoms with Gasteiger partial charge in [0.25, 0.3) is 11.8 Å². The summed E-state index contributed by atoms with van der Waals surface area (Å²) >= 11 is 0. The second kappa shape index (κ2) is 16.1. The Balaban J connectivity index is 1.95. The summed E-state index contributed by atoms with van der Waals surface area (Å²) in [5.41, 5.74) is 2.90. The minimum absolute atomic E-state index is 0.0714. The lowest BCUT2D eigenvalue weighted by Crippen LogP contribution is -2.54. The van der Waals surface area contributed by atoms with E-state index in [0.717, 1.165) is 44.2 Å². The first-order chi connectivity index (χ1) is 22.7. The largest absolute Gasteiger partial charge is 0.507 e. The highest BCUT2D eigenvalue weighted by atomic mass is 16.6. The van der Waals surface area contributed by atoms with Crippen LogP contribution in [0.1, 0.15) is 44.9 Å². The molecule has 0 unspecified atom stereocenters. The number of aromatic hydroxyl groups is 1. The van der Waals surface area contributed by atoms with Crippen molar-refractivity contribution in [2.24, 2.45) is 0 Å². The van der Waals surface area contributed by atoms with E-state index in [1.54, 1.807) is 0 Å². The molecule has 3 rings (SSSR count). The van der Waals surface area contributed by atoms with Gasteiger partial charge in [-0.15, -0.1) is 0 Å². The number of hydrazine groups is 1. The Bertz CT molecular complexity index is 1750. The third-order valence-corrected chi connectivity index (χ3v) is 6.00. The highest BCUT2D eigenvalue weighted by Gasteiger charge is 2.41. The number of aliphatic carboxylic acids is 1. The summed E-state index contributed by atoms with van der Waals surface area (Å²) in [7, 11) is 2.41. The maximum atomic E-state index is 13.3. The van der Waals surface area contributed by atoms with Gasteiger partial charge in [-0.2, -0.15) is 0 Å². The number of esters is 4. The molecule has 0 spiro atoms. The lowest BCUT2D eigenvalue weighted by molar-refractivity contribution is -0.159. The van der Waals surface area contributed by atoms with Crippen molar-refractivity contribution in [1.29, 1.82) is 0 Å². The minimum Gasteiger partial charge on any atom is -0.507 e. The number of phenols is 1. The molecule has 0 radical (unpaired) electrons. The van der Waals surface area contributed by atoms with Crippen LogP contribution in [0.4, 0.5) is 0 Å². The fourth-order valence-corrected chi connectivity index (χ4v) is 3.85. The Morgan fingerprint density at radius 1 is 0.646 bits per heavy atom. The van der Waals surface area contributed by atoms with Crippen LogP contribution in [-0.2, 0) is 28.7 Å². The van der Waals surface area contributed by atoms with Crippen molar-refractivity contribution in [1.82, 2.24) is 10.9 Å². The van der Waals surface area contributed by atoms with Gasteiger partial charge in [0.05, 0.1) is 30.9 Å². The van der Waals surface area contributed by atoms with Crippen LogP contribution < -0.4 is 29.8 Å². The normalized spacial score (nSPS) is 11.5. The summed E-state index contributed by atoms with van der Waals surface area (Å²) in [6.07, 6.45) is -4.98. The summed E-state index contributed by atoms with van der Waals surface area (Å²) in [5, 5.41) is 19.9. The van der Waals surface area contributed by atoms with Crippen molar-refractivity contribution in [3.05, 3.63) is 77.4 Å². The van der Waals surface area contributed by atoms with Crippen molar-refractivity contribution in [2.75, 3.05) is 14.2 Å². The molecule has 252 valence electrons. The van der Waals surface area contributed by atoms with E-state index in [0.29, 0.717) is 0 Å². The fourth-order valence-electron chi connectivity index (χ4n) is 3.85. The summed E-state index contributed by atoms with van der Waals surface area (Å²) in [6.45, 7) is 2.25. The average Bonchev–Trinajstić information content (AvgIpc) is 3.04. The minimum atomic E-state index is -2.52. The number of carbonyl (C=O) groups is 7. The quantitative estimate of drug-likeness (QED) is 0.122. The lowest BCUT2D eigenvalue weighted by Gasteiger charge is -2.24. The zero-order valence-electron chi connectivity index (χ0n) is 25.6. The van der Waals surface area contributed by atoms with Gasteiger partial charge in [-0.05, 0) is 48.5 Å². The maximum Gasteiger partial charge on any atom is 0.349 e. The number of amides is 2. The molecular weight excluding hydrogens is 640 g/mol. The number of ether oxygens (including phenoxy) is 6. The Kier molecular flexibility index (Phi) is 12.0. The first-order valence-corrected chi connectivity index (χ1v) is 13.5. The van der Waals surface area contributed by atoms with Crippen LogP contribution in [0.15, 0.2) is 60.7 Å². The monoisotopic (exact) mass is 668 g/mol. The number of rotatable bonds is 12. The summed E-state index contributed by atoms with van der Waals surface area (Å²) < 4.78 is 30.4. The first kappa shape index (κ1) is 35.8. The van der Waals surface area contributed by atoms with E-state index in [2.05, 4.69) is 0 Å². The van der Waals surface area contributed by atoms with Crippen LogP contribution in [-0.4, -0.2) is 78.3 Å². The number of para-hydroxylation sites is 1. The second-order valence-electron chi connectivity index (χ2n) is 9.37. The molecule has 0 saturated carbocycles. The fraction of sp³-hybridized carbons (Fsp3) is 0.194. The van der Waals surface area contributed by atoms with E-state index < -0.39 is 59.6 Å². The van der Waals surface area contributed by atoms with Gasteiger partial charge >= 0.3 is 29.8 Å². The standard InChI is InChI=1S/C31H28N2O15/c1-15(34)45-21-11-9-17(13-23(21)43-3)30(41)47-25(28(38)33-32-27(37)19-7-5-6-8-20(19)36)26(29(39)40)48-31(42)18-10-12-22(46-16(2)35)24(14-18)44-4/h5-14,25-26,36H,1-4H3,(H,32,37)(H,33,38)(H,39,40)/t25-,26-/m1/s1. The van der Waals surface area contributed by atoms with Gasteiger partial charge in [0.2, 0.25) is 12.2 Å². The molecule has 17 heteroatoms.